The number of aromatic amines is 2. The summed E-state index contributed by atoms with van der Waals surface area (Å²) in [5.41, 5.74) is 1.45. The fraction of sp³-hybridized carbons (Fsp3) is 0.500. The van der Waals surface area contributed by atoms with Crippen LogP contribution in [0.15, 0.2) is 23.1 Å². The molecule has 9 heteroatoms. The zero-order valence-corrected chi connectivity index (χ0v) is 16.2. The molecular weight excluding hydrogens is 370 g/mol. The van der Waals surface area contributed by atoms with Crippen LogP contribution in [0, 0.1) is 0 Å². The van der Waals surface area contributed by atoms with E-state index in [4.69, 9.17) is 16.3 Å². The third-order valence-corrected chi connectivity index (χ3v) is 4.99. The normalized spacial score (nSPS) is 19.9. The van der Waals surface area contributed by atoms with E-state index in [1.165, 1.54) is 0 Å². The van der Waals surface area contributed by atoms with Crippen LogP contribution in [0.25, 0.3) is 0 Å². The minimum absolute atomic E-state index is 0.141. The highest BCUT2D eigenvalue weighted by molar-refractivity contribution is 6.30. The molecule has 8 nitrogen and oxygen atoms in total. The number of ether oxygens (including phenoxy) is 1. The molecule has 3 rings (SSSR count). The number of aromatic nitrogens is 3. The molecule has 2 aromatic heterocycles. The Morgan fingerprint density at radius 3 is 2.96 bits per heavy atom. The summed E-state index contributed by atoms with van der Waals surface area (Å²) in [6.45, 7) is 5.69. The van der Waals surface area contributed by atoms with Gasteiger partial charge in [-0.05, 0) is 25.8 Å². The number of hydrogen-bond acceptors (Lipinski definition) is 5. The lowest BCUT2D eigenvalue weighted by Crippen LogP contribution is -2.55. The van der Waals surface area contributed by atoms with E-state index >= 15 is 0 Å². The average Bonchev–Trinajstić information content (AvgIpc) is 3.04. The average molecular weight is 394 g/mol. The number of hydrogen-bond donors (Lipinski definition) is 3. The summed E-state index contributed by atoms with van der Waals surface area (Å²) in [7, 11) is 0. The Morgan fingerprint density at radius 2 is 2.30 bits per heavy atom. The van der Waals surface area contributed by atoms with Gasteiger partial charge in [0, 0.05) is 37.6 Å². The molecule has 1 aliphatic rings. The van der Waals surface area contributed by atoms with Crippen molar-refractivity contribution in [2.45, 2.75) is 38.8 Å². The van der Waals surface area contributed by atoms with E-state index in [1.807, 2.05) is 19.9 Å². The van der Waals surface area contributed by atoms with Crippen LogP contribution in [0.3, 0.4) is 0 Å². The van der Waals surface area contributed by atoms with Crippen LogP contribution in [-0.2, 0) is 11.2 Å². The second-order valence-corrected chi connectivity index (χ2v) is 6.79. The first-order valence-electron chi connectivity index (χ1n) is 9.12. The van der Waals surface area contributed by atoms with Gasteiger partial charge < -0.3 is 24.9 Å². The van der Waals surface area contributed by atoms with E-state index in [9.17, 15) is 9.59 Å². The Bertz CT molecular complexity index is 850. The number of amides is 1. The van der Waals surface area contributed by atoms with Crippen LogP contribution >= 0.6 is 11.6 Å². The van der Waals surface area contributed by atoms with Crippen LogP contribution < -0.4 is 15.8 Å². The predicted molar refractivity (Wildman–Crippen MR) is 104 cm³/mol. The molecular formula is C18H24ClN5O3. The fourth-order valence-electron chi connectivity index (χ4n) is 3.30. The lowest BCUT2D eigenvalue weighted by molar-refractivity contribution is 0.0271. The molecule has 1 aliphatic heterocycles. The highest BCUT2D eigenvalue weighted by Crippen LogP contribution is 2.21. The topological polar surface area (TPSA) is 103 Å². The Morgan fingerprint density at radius 1 is 1.48 bits per heavy atom. The predicted octanol–water partition coefficient (Wildman–Crippen LogP) is 1.73. The highest BCUT2D eigenvalue weighted by atomic mass is 35.5. The van der Waals surface area contributed by atoms with Crippen molar-refractivity contribution >= 4 is 23.2 Å². The lowest BCUT2D eigenvalue weighted by atomic mass is 10.0. The van der Waals surface area contributed by atoms with Crippen molar-refractivity contribution in [1.29, 1.82) is 0 Å². The number of carbonyl (C=O) groups excluding carboxylic acids is 1. The number of rotatable bonds is 6. The van der Waals surface area contributed by atoms with Gasteiger partial charge in [0.15, 0.2) is 11.0 Å². The minimum atomic E-state index is -0.295. The summed E-state index contributed by atoms with van der Waals surface area (Å²) in [4.78, 5) is 35.9. The van der Waals surface area contributed by atoms with Crippen LogP contribution in [0.4, 0.5) is 5.69 Å². The maximum absolute atomic E-state index is 12.6. The summed E-state index contributed by atoms with van der Waals surface area (Å²) in [5.74, 6) is -0.0833. The first-order valence-corrected chi connectivity index (χ1v) is 9.50. The highest BCUT2D eigenvalue weighted by Gasteiger charge is 2.32. The van der Waals surface area contributed by atoms with Gasteiger partial charge >= 0.3 is 0 Å². The largest absolute Gasteiger partial charge is 0.375 e. The van der Waals surface area contributed by atoms with E-state index in [0.29, 0.717) is 37.7 Å². The Balaban J connectivity index is 1.70. The molecule has 3 N–H and O–H groups in total. The van der Waals surface area contributed by atoms with Crippen molar-refractivity contribution in [2.24, 2.45) is 0 Å². The molecule has 2 aromatic rings. The molecule has 2 atom stereocenters. The first kappa shape index (κ1) is 19.4. The minimum Gasteiger partial charge on any atom is -0.375 e. The van der Waals surface area contributed by atoms with Gasteiger partial charge in [-0.3, -0.25) is 9.59 Å². The molecule has 1 saturated heterocycles. The van der Waals surface area contributed by atoms with Crippen molar-refractivity contribution in [3.8, 4) is 0 Å². The molecule has 0 spiro atoms. The molecule has 2 unspecified atom stereocenters. The van der Waals surface area contributed by atoms with Gasteiger partial charge in [0.05, 0.1) is 17.8 Å². The number of anilines is 1. The van der Waals surface area contributed by atoms with Gasteiger partial charge in [0.25, 0.3) is 5.91 Å². The van der Waals surface area contributed by atoms with Gasteiger partial charge in [0.1, 0.15) is 0 Å². The van der Waals surface area contributed by atoms with Gasteiger partial charge in [-0.25, -0.2) is 4.98 Å². The summed E-state index contributed by atoms with van der Waals surface area (Å²) in [5, 5.41) is 3.33. The number of nitrogens with one attached hydrogen (secondary N) is 3. The molecule has 3 heterocycles. The van der Waals surface area contributed by atoms with Crippen LogP contribution in [0.2, 0.25) is 5.15 Å². The number of carbonyl (C=O) groups is 1. The summed E-state index contributed by atoms with van der Waals surface area (Å²) >= 11 is 6.03. The quantitative estimate of drug-likeness (QED) is 0.693. The smallest absolute Gasteiger partial charge is 0.287 e. The SMILES string of the molecule is CCOC1CN(c2cc[nH]c(=O)c2)CCC1NC(=O)c1nc(Cl)c(CC)[nH]1. The van der Waals surface area contributed by atoms with Gasteiger partial charge in [0.2, 0.25) is 5.56 Å². The molecule has 0 saturated carbocycles. The number of nitrogens with zero attached hydrogens (tertiary/aromatic N) is 2. The van der Waals surface area contributed by atoms with E-state index in [0.717, 1.165) is 11.4 Å². The monoisotopic (exact) mass is 393 g/mol. The fourth-order valence-corrected chi connectivity index (χ4v) is 3.56. The Kier molecular flexibility index (Phi) is 6.18. The van der Waals surface area contributed by atoms with Crippen molar-refractivity contribution in [3.05, 3.63) is 45.4 Å². The lowest BCUT2D eigenvalue weighted by Gasteiger charge is -2.39. The van der Waals surface area contributed by atoms with E-state index in [-0.39, 0.29) is 29.4 Å². The van der Waals surface area contributed by atoms with Crippen LogP contribution in [0.5, 0.6) is 0 Å². The summed E-state index contributed by atoms with van der Waals surface area (Å²) < 4.78 is 5.87. The molecule has 0 aromatic carbocycles. The van der Waals surface area contributed by atoms with Crippen molar-refractivity contribution in [3.63, 3.8) is 0 Å². The molecule has 0 radical (unpaired) electrons. The maximum atomic E-state index is 12.6. The first-order chi connectivity index (χ1) is 13.0. The van der Waals surface area contributed by atoms with E-state index < -0.39 is 0 Å². The second-order valence-electron chi connectivity index (χ2n) is 6.43. The number of aryl methyl sites for hydroxylation is 1. The van der Waals surface area contributed by atoms with Crippen molar-refractivity contribution in [1.82, 2.24) is 20.3 Å². The van der Waals surface area contributed by atoms with Crippen LogP contribution in [0.1, 0.15) is 36.6 Å². The summed E-state index contributed by atoms with van der Waals surface area (Å²) in [6, 6.07) is 3.28. The van der Waals surface area contributed by atoms with Gasteiger partial charge in [-0.1, -0.05) is 18.5 Å². The number of halogens is 1. The standard InChI is InChI=1S/C18H24ClN5O3/c1-3-12-16(19)23-17(21-12)18(26)22-13-6-8-24(10-14(13)27-4-2)11-5-7-20-15(25)9-11/h5,7,9,13-14H,3-4,6,8,10H2,1-2H3,(H,20,25)(H,21,23)(H,22,26). The molecule has 0 bridgehead atoms. The summed E-state index contributed by atoms with van der Waals surface area (Å²) in [6.07, 6.45) is 2.81. The number of pyridine rings is 1. The Labute approximate surface area is 162 Å². The third kappa shape index (κ3) is 4.51. The molecule has 0 aliphatic carbocycles. The van der Waals surface area contributed by atoms with E-state index in [1.54, 1.807) is 12.3 Å². The van der Waals surface area contributed by atoms with Gasteiger partial charge in [-0.15, -0.1) is 0 Å². The van der Waals surface area contributed by atoms with Crippen molar-refractivity contribution < 1.29 is 9.53 Å². The molecule has 27 heavy (non-hydrogen) atoms. The third-order valence-electron chi connectivity index (χ3n) is 4.68. The molecule has 146 valence electrons. The second kappa shape index (κ2) is 8.58. The Hall–Kier alpha value is -2.32. The number of piperidine rings is 1. The van der Waals surface area contributed by atoms with Crippen molar-refractivity contribution in [2.75, 3.05) is 24.6 Å². The number of imidazole rings is 1. The van der Waals surface area contributed by atoms with E-state index in [2.05, 4.69) is 25.2 Å². The molecule has 1 amide bonds. The zero-order chi connectivity index (χ0) is 19.4. The zero-order valence-electron chi connectivity index (χ0n) is 15.4. The molecule has 1 fully saturated rings. The van der Waals surface area contributed by atoms with Gasteiger partial charge in [-0.2, -0.15) is 0 Å². The maximum Gasteiger partial charge on any atom is 0.287 e. The van der Waals surface area contributed by atoms with Crippen LogP contribution in [-0.4, -0.2) is 52.7 Å². The number of H-pyrrole nitrogens is 2.